The van der Waals surface area contributed by atoms with Gasteiger partial charge in [0, 0.05) is 30.4 Å². The van der Waals surface area contributed by atoms with Gasteiger partial charge in [0.05, 0.1) is 4.90 Å². The topological polar surface area (TPSA) is 96.4 Å². The number of pyridine rings is 1. The number of benzene rings is 2. The zero-order chi connectivity index (χ0) is 24.1. The molecule has 1 aromatic heterocycles. The Labute approximate surface area is 200 Å². The van der Waals surface area contributed by atoms with Crippen LogP contribution in [0.3, 0.4) is 0 Å². The number of allylic oxidation sites excluding steroid dienone is 1. The first-order valence-electron chi connectivity index (χ1n) is 11.4. The van der Waals surface area contributed by atoms with Crippen molar-refractivity contribution in [3.05, 3.63) is 101 Å². The predicted octanol–water partition coefficient (Wildman–Crippen LogP) is 4.52. The van der Waals surface area contributed by atoms with Crippen LogP contribution in [-0.2, 0) is 27.7 Å². The van der Waals surface area contributed by atoms with Crippen molar-refractivity contribution in [3.63, 3.8) is 0 Å². The lowest BCUT2D eigenvalue weighted by Gasteiger charge is -2.13. The van der Waals surface area contributed by atoms with E-state index in [9.17, 15) is 13.2 Å². The van der Waals surface area contributed by atoms with E-state index >= 15 is 0 Å². The molecule has 0 saturated heterocycles. The number of nitrogens with zero attached hydrogens (tertiary/aromatic N) is 1. The Kier molecular flexibility index (Phi) is 7.24. The van der Waals surface area contributed by atoms with Gasteiger partial charge in [-0.1, -0.05) is 48.0 Å². The summed E-state index contributed by atoms with van der Waals surface area (Å²) in [6.07, 6.45) is 8.18. The largest absolute Gasteiger partial charge is 0.481 e. The summed E-state index contributed by atoms with van der Waals surface area (Å²) in [6, 6.07) is 16.8. The van der Waals surface area contributed by atoms with Crippen molar-refractivity contribution < 1.29 is 18.3 Å². The summed E-state index contributed by atoms with van der Waals surface area (Å²) in [5, 5.41) is 8.93. The van der Waals surface area contributed by atoms with Crippen LogP contribution >= 0.6 is 0 Å². The first-order chi connectivity index (χ1) is 16.3. The van der Waals surface area contributed by atoms with Crippen molar-refractivity contribution in [2.45, 2.75) is 50.0 Å². The van der Waals surface area contributed by atoms with Crippen LogP contribution in [0.15, 0.2) is 78.0 Å². The number of nitrogens with one attached hydrogen (secondary N) is 1. The van der Waals surface area contributed by atoms with Crippen LogP contribution < -0.4 is 4.72 Å². The maximum absolute atomic E-state index is 12.8. The molecule has 0 fully saturated rings. The van der Waals surface area contributed by atoms with Gasteiger partial charge in [0.15, 0.2) is 0 Å². The molecule has 0 aliphatic heterocycles. The summed E-state index contributed by atoms with van der Waals surface area (Å²) in [5.74, 6) is -0.798. The van der Waals surface area contributed by atoms with Gasteiger partial charge >= 0.3 is 5.97 Å². The number of rotatable bonds is 9. The van der Waals surface area contributed by atoms with E-state index in [0.29, 0.717) is 25.7 Å². The number of fused-ring (bicyclic) bond motifs is 1. The second-order valence-corrected chi connectivity index (χ2v) is 10.4. The van der Waals surface area contributed by atoms with Gasteiger partial charge in [-0.2, -0.15) is 0 Å². The molecule has 0 radical (unpaired) electrons. The number of hydrogen-bond acceptors (Lipinski definition) is 4. The number of aliphatic carboxylic acids is 1. The molecule has 1 aliphatic carbocycles. The van der Waals surface area contributed by atoms with E-state index in [-0.39, 0.29) is 17.4 Å². The van der Waals surface area contributed by atoms with Gasteiger partial charge in [-0.3, -0.25) is 9.78 Å². The molecule has 0 amide bonds. The molecule has 7 heteroatoms. The Morgan fingerprint density at radius 1 is 1.09 bits per heavy atom. The van der Waals surface area contributed by atoms with Crippen LogP contribution in [0.25, 0.3) is 5.57 Å². The zero-order valence-electron chi connectivity index (χ0n) is 19.1. The minimum absolute atomic E-state index is 0.129. The smallest absolute Gasteiger partial charge is 0.303 e. The van der Waals surface area contributed by atoms with Gasteiger partial charge in [0.1, 0.15) is 0 Å². The lowest BCUT2D eigenvalue weighted by atomic mass is 9.95. The standard InChI is InChI=1S/C27H28N2O4S/c1-19-8-12-25(13-9-19)34(32,33)29-24-16-20-10-11-21(15-23(20)17-24)26(6-2-3-7-27(30)31)22-5-4-14-28-18-22/h4-6,8-15,18,24,29H,2-3,7,16-17H2,1H3,(H,30,31)/b26-6+. The molecule has 0 spiro atoms. The molecule has 0 bridgehead atoms. The highest BCUT2D eigenvalue weighted by Gasteiger charge is 2.27. The van der Waals surface area contributed by atoms with Gasteiger partial charge in [-0.15, -0.1) is 0 Å². The van der Waals surface area contributed by atoms with Crippen LogP contribution in [0.1, 0.15) is 47.1 Å². The molecule has 4 rings (SSSR count). The van der Waals surface area contributed by atoms with Gasteiger partial charge < -0.3 is 5.11 Å². The van der Waals surface area contributed by atoms with Crippen LogP contribution in [0.5, 0.6) is 0 Å². The molecule has 1 unspecified atom stereocenters. The van der Waals surface area contributed by atoms with Crippen LogP contribution in [0, 0.1) is 6.92 Å². The molecule has 2 aromatic carbocycles. The van der Waals surface area contributed by atoms with E-state index in [4.69, 9.17) is 5.11 Å². The lowest BCUT2D eigenvalue weighted by Crippen LogP contribution is -2.35. The second kappa shape index (κ2) is 10.3. The number of aryl methyl sites for hydroxylation is 1. The van der Waals surface area contributed by atoms with Crippen molar-refractivity contribution in [3.8, 4) is 0 Å². The Balaban J connectivity index is 1.53. The minimum atomic E-state index is -3.59. The average Bonchev–Trinajstić information content (AvgIpc) is 3.20. The van der Waals surface area contributed by atoms with E-state index in [1.807, 2.05) is 25.1 Å². The average molecular weight is 477 g/mol. The predicted molar refractivity (Wildman–Crippen MR) is 132 cm³/mol. The fourth-order valence-corrected chi connectivity index (χ4v) is 5.53. The van der Waals surface area contributed by atoms with Crippen molar-refractivity contribution in [1.29, 1.82) is 0 Å². The molecule has 34 heavy (non-hydrogen) atoms. The third-order valence-electron chi connectivity index (χ3n) is 6.02. The van der Waals surface area contributed by atoms with Crippen LogP contribution in [-0.4, -0.2) is 30.5 Å². The number of carboxylic acid groups (broad SMARTS) is 1. The normalized spacial score (nSPS) is 15.8. The molecule has 1 atom stereocenters. The monoisotopic (exact) mass is 476 g/mol. The number of carboxylic acids is 1. The first kappa shape index (κ1) is 23.9. The maximum atomic E-state index is 12.8. The fraction of sp³-hybridized carbons (Fsp3) is 0.259. The third kappa shape index (κ3) is 5.79. The van der Waals surface area contributed by atoms with Gasteiger partial charge in [0.2, 0.25) is 10.0 Å². The highest BCUT2D eigenvalue weighted by molar-refractivity contribution is 7.89. The highest BCUT2D eigenvalue weighted by atomic mass is 32.2. The van der Waals surface area contributed by atoms with Gasteiger partial charge in [-0.25, -0.2) is 13.1 Å². The van der Waals surface area contributed by atoms with Crippen molar-refractivity contribution in [2.24, 2.45) is 0 Å². The van der Waals surface area contributed by atoms with E-state index in [0.717, 1.165) is 33.4 Å². The Morgan fingerprint density at radius 3 is 2.56 bits per heavy atom. The Bertz CT molecular complexity index is 1300. The molecule has 3 aromatic rings. The van der Waals surface area contributed by atoms with Gasteiger partial charge in [0.25, 0.3) is 0 Å². The molecule has 0 saturated carbocycles. The summed E-state index contributed by atoms with van der Waals surface area (Å²) in [6.45, 7) is 1.93. The molecule has 176 valence electrons. The highest BCUT2D eigenvalue weighted by Crippen LogP contribution is 2.30. The first-order valence-corrected chi connectivity index (χ1v) is 12.8. The zero-order valence-corrected chi connectivity index (χ0v) is 19.9. The third-order valence-corrected chi connectivity index (χ3v) is 7.56. The fourth-order valence-electron chi connectivity index (χ4n) is 4.30. The van der Waals surface area contributed by atoms with Crippen molar-refractivity contribution in [1.82, 2.24) is 9.71 Å². The molecule has 6 nitrogen and oxygen atoms in total. The summed E-state index contributed by atoms with van der Waals surface area (Å²) in [5.41, 5.74) is 6.26. The summed E-state index contributed by atoms with van der Waals surface area (Å²) in [4.78, 5) is 15.4. The molecule has 1 heterocycles. The van der Waals surface area contributed by atoms with Gasteiger partial charge in [-0.05, 0) is 73.1 Å². The van der Waals surface area contributed by atoms with E-state index in [2.05, 4.69) is 27.9 Å². The lowest BCUT2D eigenvalue weighted by molar-refractivity contribution is -0.137. The number of hydrogen-bond donors (Lipinski definition) is 2. The Morgan fingerprint density at radius 2 is 1.85 bits per heavy atom. The summed E-state index contributed by atoms with van der Waals surface area (Å²) >= 11 is 0. The number of aromatic nitrogens is 1. The SMILES string of the molecule is Cc1ccc(S(=O)(=O)NC2Cc3ccc(/C(=C\CCCC(=O)O)c4cccnc4)cc3C2)cc1. The number of carbonyl (C=O) groups is 1. The van der Waals surface area contributed by atoms with Crippen molar-refractivity contribution >= 4 is 21.6 Å². The molecule has 1 aliphatic rings. The number of sulfonamides is 1. The quantitative estimate of drug-likeness (QED) is 0.443. The summed E-state index contributed by atoms with van der Waals surface area (Å²) in [7, 11) is -3.59. The molecular weight excluding hydrogens is 448 g/mol. The van der Waals surface area contributed by atoms with Crippen LogP contribution in [0.4, 0.5) is 0 Å². The molecular formula is C27H28N2O4S. The minimum Gasteiger partial charge on any atom is -0.481 e. The summed E-state index contributed by atoms with van der Waals surface area (Å²) < 4.78 is 28.5. The second-order valence-electron chi connectivity index (χ2n) is 8.67. The van der Waals surface area contributed by atoms with E-state index in [1.54, 1.807) is 36.7 Å². The van der Waals surface area contributed by atoms with Crippen molar-refractivity contribution in [2.75, 3.05) is 0 Å². The van der Waals surface area contributed by atoms with E-state index < -0.39 is 16.0 Å². The van der Waals surface area contributed by atoms with E-state index in [1.165, 1.54) is 0 Å². The van der Waals surface area contributed by atoms with Crippen LogP contribution in [0.2, 0.25) is 0 Å². The molecule has 2 N–H and O–H groups in total. The number of unbranched alkanes of at least 4 members (excludes halogenated alkanes) is 1. The Hall–Kier alpha value is -3.29. The maximum Gasteiger partial charge on any atom is 0.303 e.